The van der Waals surface area contributed by atoms with Crippen LogP contribution in [0, 0.1) is 5.92 Å². The van der Waals surface area contributed by atoms with Crippen molar-refractivity contribution in [3.63, 3.8) is 0 Å². The van der Waals surface area contributed by atoms with Gasteiger partial charge in [0.05, 0.1) is 10.4 Å². The van der Waals surface area contributed by atoms with Crippen molar-refractivity contribution in [3.05, 3.63) is 21.3 Å². The Morgan fingerprint density at radius 1 is 1.63 bits per heavy atom. The van der Waals surface area contributed by atoms with E-state index in [1.54, 1.807) is 0 Å². The third kappa shape index (κ3) is 4.79. The zero-order valence-electron chi connectivity index (χ0n) is 11.2. The number of amides is 1. The molecular weight excluding hydrogens is 280 g/mol. The summed E-state index contributed by atoms with van der Waals surface area (Å²) >= 11 is 7.43. The van der Waals surface area contributed by atoms with E-state index < -0.39 is 0 Å². The minimum atomic E-state index is 0.0504. The zero-order chi connectivity index (χ0) is 13.7. The molecule has 3 nitrogen and oxygen atoms in total. The van der Waals surface area contributed by atoms with Gasteiger partial charge in [-0.2, -0.15) is 0 Å². The predicted octanol–water partition coefficient (Wildman–Crippen LogP) is 3.36. The van der Waals surface area contributed by atoms with Gasteiger partial charge in [0.1, 0.15) is 0 Å². The molecule has 1 aliphatic heterocycles. The number of hydrogen-bond donors (Lipinski definition) is 2. The van der Waals surface area contributed by atoms with Crippen LogP contribution in [0.4, 0.5) is 0 Å². The summed E-state index contributed by atoms with van der Waals surface area (Å²) in [5.41, 5.74) is 0. The van der Waals surface area contributed by atoms with Gasteiger partial charge in [-0.3, -0.25) is 4.79 Å². The third-order valence-electron chi connectivity index (χ3n) is 3.58. The Balaban J connectivity index is 1.71. The van der Waals surface area contributed by atoms with Crippen molar-refractivity contribution in [2.24, 2.45) is 5.92 Å². The van der Waals surface area contributed by atoms with Gasteiger partial charge in [0.25, 0.3) is 0 Å². The van der Waals surface area contributed by atoms with E-state index in [4.69, 9.17) is 11.6 Å². The number of rotatable bonds is 5. The highest BCUT2D eigenvalue weighted by Gasteiger charge is 2.16. The fraction of sp³-hybridized carbons (Fsp3) is 0.643. The molecule has 2 N–H and O–H groups in total. The van der Waals surface area contributed by atoms with Gasteiger partial charge in [-0.1, -0.05) is 11.6 Å². The number of nitrogens with one attached hydrogen (secondary N) is 2. The molecule has 1 fully saturated rings. The molecule has 1 saturated heterocycles. The van der Waals surface area contributed by atoms with Gasteiger partial charge in [0.15, 0.2) is 0 Å². The molecule has 2 atom stereocenters. The molecule has 0 aromatic carbocycles. The highest BCUT2D eigenvalue weighted by molar-refractivity contribution is 7.16. The van der Waals surface area contributed by atoms with E-state index in [0.29, 0.717) is 12.3 Å². The Labute approximate surface area is 123 Å². The van der Waals surface area contributed by atoms with Crippen LogP contribution in [-0.2, 0) is 4.79 Å². The second-order valence-corrected chi connectivity index (χ2v) is 6.93. The number of carbonyl (C=O) groups excluding carboxylic acids is 1. The molecule has 1 amide bonds. The van der Waals surface area contributed by atoms with E-state index in [9.17, 15) is 4.79 Å². The van der Waals surface area contributed by atoms with Crippen molar-refractivity contribution in [2.75, 3.05) is 13.1 Å². The van der Waals surface area contributed by atoms with Crippen LogP contribution in [0.3, 0.4) is 0 Å². The number of hydrogen-bond acceptors (Lipinski definition) is 3. The maximum atomic E-state index is 11.9. The molecule has 5 heteroatoms. The van der Waals surface area contributed by atoms with E-state index in [0.717, 1.165) is 28.7 Å². The molecule has 2 rings (SSSR count). The summed E-state index contributed by atoms with van der Waals surface area (Å²) in [5, 5.41) is 6.42. The lowest BCUT2D eigenvalue weighted by atomic mass is 9.94. The Kier molecular flexibility index (Phi) is 5.67. The first-order chi connectivity index (χ1) is 9.15. The smallest absolute Gasteiger partial charge is 0.220 e. The van der Waals surface area contributed by atoms with Gasteiger partial charge in [0, 0.05) is 11.3 Å². The summed E-state index contributed by atoms with van der Waals surface area (Å²) in [6.07, 6.45) is 4.08. The molecule has 1 aromatic rings. The molecule has 2 unspecified atom stereocenters. The van der Waals surface area contributed by atoms with Crippen molar-refractivity contribution in [3.8, 4) is 0 Å². The Hall–Kier alpha value is -0.580. The molecule has 0 saturated carbocycles. The lowest BCUT2D eigenvalue weighted by Crippen LogP contribution is -2.31. The van der Waals surface area contributed by atoms with E-state index in [1.165, 1.54) is 24.2 Å². The molecule has 106 valence electrons. The molecule has 2 heterocycles. The molecule has 1 aliphatic rings. The maximum absolute atomic E-state index is 11.9. The molecule has 1 aromatic heterocycles. The van der Waals surface area contributed by atoms with E-state index in [-0.39, 0.29) is 11.9 Å². The van der Waals surface area contributed by atoms with E-state index >= 15 is 0 Å². The number of halogens is 1. The fourth-order valence-corrected chi connectivity index (χ4v) is 3.51. The Bertz CT molecular complexity index is 415. The number of piperidine rings is 1. The number of carbonyl (C=O) groups is 1. The third-order valence-corrected chi connectivity index (χ3v) is 4.99. The summed E-state index contributed by atoms with van der Waals surface area (Å²) in [6, 6.07) is 3.90. The first-order valence-electron chi connectivity index (χ1n) is 6.90. The average molecular weight is 301 g/mol. The van der Waals surface area contributed by atoms with Gasteiger partial charge < -0.3 is 10.6 Å². The molecule has 0 bridgehead atoms. The van der Waals surface area contributed by atoms with Crippen LogP contribution in [0.5, 0.6) is 0 Å². The van der Waals surface area contributed by atoms with Crippen LogP contribution < -0.4 is 10.6 Å². The van der Waals surface area contributed by atoms with Crippen molar-refractivity contribution in [2.45, 2.75) is 38.6 Å². The van der Waals surface area contributed by atoms with Crippen LogP contribution in [0.2, 0.25) is 4.34 Å². The summed E-state index contributed by atoms with van der Waals surface area (Å²) in [5.74, 6) is 0.800. The highest BCUT2D eigenvalue weighted by atomic mass is 35.5. The standard InChI is InChI=1S/C14H21ClN2OS/c1-10(12-5-6-13(15)19-12)17-14(18)7-4-11-3-2-8-16-9-11/h5-6,10-11,16H,2-4,7-9H2,1H3,(H,17,18). The topological polar surface area (TPSA) is 41.1 Å². The second-order valence-electron chi connectivity index (χ2n) is 5.18. The average Bonchev–Trinajstić information content (AvgIpc) is 2.84. The summed E-state index contributed by atoms with van der Waals surface area (Å²) in [7, 11) is 0. The van der Waals surface area contributed by atoms with Crippen LogP contribution >= 0.6 is 22.9 Å². The van der Waals surface area contributed by atoms with Crippen molar-refractivity contribution in [1.82, 2.24) is 10.6 Å². The zero-order valence-corrected chi connectivity index (χ0v) is 12.8. The van der Waals surface area contributed by atoms with E-state index in [1.807, 2.05) is 19.1 Å². The summed E-state index contributed by atoms with van der Waals surface area (Å²) < 4.78 is 0.768. The Morgan fingerprint density at radius 2 is 2.47 bits per heavy atom. The Morgan fingerprint density at radius 3 is 3.11 bits per heavy atom. The normalized spacial score (nSPS) is 21.1. The quantitative estimate of drug-likeness (QED) is 0.875. The summed E-state index contributed by atoms with van der Waals surface area (Å²) in [6.45, 7) is 4.18. The second kappa shape index (κ2) is 7.27. The summed E-state index contributed by atoms with van der Waals surface area (Å²) in [4.78, 5) is 13.0. The first kappa shape index (κ1) is 14.8. The highest BCUT2D eigenvalue weighted by Crippen LogP contribution is 2.26. The van der Waals surface area contributed by atoms with Gasteiger partial charge >= 0.3 is 0 Å². The van der Waals surface area contributed by atoms with Crippen LogP contribution in [-0.4, -0.2) is 19.0 Å². The maximum Gasteiger partial charge on any atom is 0.220 e. The van der Waals surface area contributed by atoms with Gasteiger partial charge in [-0.15, -0.1) is 11.3 Å². The van der Waals surface area contributed by atoms with Gasteiger partial charge in [0.2, 0.25) is 5.91 Å². The van der Waals surface area contributed by atoms with Crippen LogP contribution in [0.25, 0.3) is 0 Å². The van der Waals surface area contributed by atoms with Gasteiger partial charge in [-0.05, 0) is 57.3 Å². The lowest BCUT2D eigenvalue weighted by molar-refractivity contribution is -0.122. The van der Waals surface area contributed by atoms with Crippen molar-refractivity contribution < 1.29 is 4.79 Å². The molecule has 19 heavy (non-hydrogen) atoms. The molecule has 0 aliphatic carbocycles. The molecular formula is C14H21ClN2OS. The molecule has 0 radical (unpaired) electrons. The molecule has 0 spiro atoms. The van der Waals surface area contributed by atoms with Crippen LogP contribution in [0.1, 0.15) is 43.5 Å². The van der Waals surface area contributed by atoms with Crippen molar-refractivity contribution >= 4 is 28.8 Å². The SMILES string of the molecule is CC(NC(=O)CCC1CCCNC1)c1ccc(Cl)s1. The minimum absolute atomic E-state index is 0.0504. The van der Waals surface area contributed by atoms with Crippen molar-refractivity contribution in [1.29, 1.82) is 0 Å². The van der Waals surface area contributed by atoms with Gasteiger partial charge in [-0.25, -0.2) is 0 Å². The minimum Gasteiger partial charge on any atom is -0.349 e. The lowest BCUT2D eigenvalue weighted by Gasteiger charge is -2.22. The van der Waals surface area contributed by atoms with E-state index in [2.05, 4.69) is 10.6 Å². The number of thiophene rings is 1. The van der Waals surface area contributed by atoms with Crippen LogP contribution in [0.15, 0.2) is 12.1 Å². The monoisotopic (exact) mass is 300 g/mol. The fourth-order valence-electron chi connectivity index (χ4n) is 2.45. The first-order valence-corrected chi connectivity index (χ1v) is 8.10. The largest absolute Gasteiger partial charge is 0.349 e. The predicted molar refractivity (Wildman–Crippen MR) is 80.7 cm³/mol.